The van der Waals surface area contributed by atoms with Crippen LogP contribution in [0.4, 0.5) is 0 Å². The predicted octanol–water partition coefficient (Wildman–Crippen LogP) is -3.04. The maximum Gasteiger partial charge on any atom is 0.302 e. The highest BCUT2D eigenvalue weighted by Crippen LogP contribution is 1.64. The van der Waals surface area contributed by atoms with Gasteiger partial charge in [0.2, 0.25) is 0 Å². The zero-order valence-electron chi connectivity index (χ0n) is 3.76. The molecule has 4 nitrogen and oxygen atoms in total. The smallest absolute Gasteiger partial charge is 0.302 e. The first-order valence-corrected chi connectivity index (χ1v) is 1.93. The van der Waals surface area contributed by atoms with Crippen LogP contribution in [0.15, 0.2) is 0 Å². The number of hydrazine groups is 1. The second-order valence-corrected chi connectivity index (χ2v) is 1.18. The zero-order chi connectivity index (χ0) is 5.11. The van der Waals surface area contributed by atoms with Crippen LogP contribution >= 0.6 is 0 Å². The molecule has 1 saturated heterocycles. The molecule has 0 aliphatic carbocycles. The average Bonchev–Trinajstić information content (AvgIpc) is 1.69. The van der Waals surface area contributed by atoms with Crippen molar-refractivity contribution in [1.29, 1.82) is 0 Å². The molecule has 0 aromatic carbocycles. The van der Waals surface area contributed by atoms with Gasteiger partial charge in [-0.25, -0.2) is 0 Å². The number of nitrogens with two attached hydrogens (primary N) is 1. The summed E-state index contributed by atoms with van der Waals surface area (Å²) >= 11 is 0. The van der Waals surface area contributed by atoms with E-state index < -0.39 is 0 Å². The first kappa shape index (κ1) is 5.18. The molecule has 1 aliphatic heterocycles. The Morgan fingerprint density at radius 1 is 1.29 bits per heavy atom. The van der Waals surface area contributed by atoms with Gasteiger partial charge >= 0.3 is 15.1 Å². The van der Waals surface area contributed by atoms with Crippen molar-refractivity contribution >= 4 is 22.6 Å². The molecule has 4 N–H and O–H groups in total. The molecule has 33 valence electrons. The number of nitrogens with zero attached hydrogens (tertiary/aromatic N) is 1. The molecule has 0 bridgehead atoms. The number of hydrogen-bond acceptors (Lipinski definition) is 4. The van der Waals surface area contributed by atoms with Crippen LogP contribution in [0.5, 0.6) is 0 Å². The van der Waals surface area contributed by atoms with Gasteiger partial charge in [-0.1, -0.05) is 0 Å². The highest BCUT2D eigenvalue weighted by atomic mass is 15.3. The minimum Gasteiger partial charge on any atom is -0.378 e. The van der Waals surface area contributed by atoms with Crippen LogP contribution in [0.1, 0.15) is 0 Å². The summed E-state index contributed by atoms with van der Waals surface area (Å²) in [6.07, 6.45) is 0. The molecule has 0 spiro atoms. The second kappa shape index (κ2) is 2.37. The molecule has 3 radical (unpaired) electrons. The zero-order valence-corrected chi connectivity index (χ0v) is 3.76. The summed E-state index contributed by atoms with van der Waals surface area (Å²) in [5, 5.41) is 5.49. The van der Waals surface area contributed by atoms with Crippen molar-refractivity contribution in [2.45, 2.75) is 0 Å². The summed E-state index contributed by atoms with van der Waals surface area (Å²) in [6, 6.07) is 0. The Hall–Kier alpha value is 0.0348. The Bertz CT molecular complexity index is 48.9. The molecule has 1 aliphatic rings. The Balaban J connectivity index is 2.12. The van der Waals surface area contributed by atoms with Crippen LogP contribution in [0, 0.1) is 0 Å². The van der Waals surface area contributed by atoms with Crippen molar-refractivity contribution in [3.8, 4) is 0 Å². The summed E-state index contributed by atoms with van der Waals surface area (Å²) in [6.45, 7) is 0. The molecule has 1 rings (SSSR count). The molecule has 1 heterocycles. The van der Waals surface area contributed by atoms with E-state index in [1.807, 2.05) is 0 Å². The third-order valence-electron chi connectivity index (χ3n) is 0.614. The van der Waals surface area contributed by atoms with E-state index in [9.17, 15) is 0 Å². The quantitative estimate of drug-likeness (QED) is 0.220. The Morgan fingerprint density at radius 3 is 2.14 bits per heavy atom. The van der Waals surface area contributed by atoms with E-state index in [2.05, 4.69) is 10.3 Å². The van der Waals surface area contributed by atoms with Crippen molar-refractivity contribution in [2.75, 3.05) is 0 Å². The Labute approximate surface area is 44.6 Å². The third kappa shape index (κ3) is 1.52. The lowest BCUT2D eigenvalue weighted by atomic mass is 9.84. The van der Waals surface area contributed by atoms with Gasteiger partial charge in [-0.3, -0.25) is 5.84 Å². The van der Waals surface area contributed by atoms with Gasteiger partial charge in [-0.15, -0.1) is 0 Å². The molecule has 7 heavy (non-hydrogen) atoms. The number of nitrogens with one attached hydrogen (secondary N) is 2. The summed E-state index contributed by atoms with van der Waals surface area (Å²) in [5.74, 6) is 5.21. The van der Waals surface area contributed by atoms with E-state index >= 15 is 0 Å². The lowest BCUT2D eigenvalue weighted by molar-refractivity contribution is 0.709. The number of rotatable bonds is 0. The van der Waals surface area contributed by atoms with Gasteiger partial charge < -0.3 is 15.1 Å². The van der Waals surface area contributed by atoms with E-state index in [4.69, 9.17) is 5.84 Å². The van der Waals surface area contributed by atoms with Gasteiger partial charge in [0, 0.05) is 0 Å². The first-order valence-electron chi connectivity index (χ1n) is 1.93. The van der Waals surface area contributed by atoms with Crippen molar-refractivity contribution in [3.63, 3.8) is 0 Å². The van der Waals surface area contributed by atoms with Crippen LogP contribution in [-0.2, 0) is 0 Å². The standard InChI is InChI=1S/B3H4N4/c4-7-2-5-1-6-3-7/h5-6H,4H2. The second-order valence-electron chi connectivity index (χ2n) is 1.18. The highest BCUT2D eigenvalue weighted by Gasteiger charge is 2.08. The fraction of sp³-hybridized carbons (Fsp3) is 0. The molecule has 7 heteroatoms. The number of hydrogen-bond donors (Lipinski definition) is 3. The molecule has 0 unspecified atom stereocenters. The molecular weight excluding hydrogens is 88.5 g/mol. The molecule has 0 amide bonds. The van der Waals surface area contributed by atoms with Gasteiger partial charge in [0.25, 0.3) is 7.55 Å². The lowest BCUT2D eigenvalue weighted by Gasteiger charge is -2.18. The van der Waals surface area contributed by atoms with Gasteiger partial charge in [-0.05, 0) is 0 Å². The molecule has 0 saturated carbocycles. The fourth-order valence-electron chi connectivity index (χ4n) is 0.332. The van der Waals surface area contributed by atoms with E-state index in [0.29, 0.717) is 0 Å². The van der Waals surface area contributed by atoms with Crippen LogP contribution in [-0.4, -0.2) is 27.5 Å². The normalized spacial score (nSPS) is 21.9. The summed E-state index contributed by atoms with van der Waals surface area (Å²) < 4.78 is 0. The summed E-state index contributed by atoms with van der Waals surface area (Å²) in [4.78, 5) is 1.39. The van der Waals surface area contributed by atoms with E-state index in [-0.39, 0.29) is 0 Å². The van der Waals surface area contributed by atoms with Gasteiger partial charge in [0.15, 0.2) is 0 Å². The average molecular weight is 92.5 g/mol. The maximum absolute atomic E-state index is 5.21. The molecule has 0 aromatic rings. The first-order chi connectivity index (χ1) is 3.39. The SMILES string of the molecule is NN1[B]N[B]N[B]1. The van der Waals surface area contributed by atoms with Gasteiger partial charge in [0.1, 0.15) is 0 Å². The Kier molecular flexibility index (Phi) is 1.75. The van der Waals surface area contributed by atoms with Crippen LogP contribution < -0.4 is 16.1 Å². The topological polar surface area (TPSA) is 53.3 Å². The third-order valence-corrected chi connectivity index (χ3v) is 0.614. The lowest BCUT2D eigenvalue weighted by Crippen LogP contribution is -2.60. The minimum absolute atomic E-state index is 1.39. The minimum atomic E-state index is 1.39. The van der Waals surface area contributed by atoms with Crippen molar-refractivity contribution < 1.29 is 0 Å². The van der Waals surface area contributed by atoms with Crippen molar-refractivity contribution in [2.24, 2.45) is 5.84 Å². The molecular formula is H4B3N4. The highest BCUT2D eigenvalue weighted by molar-refractivity contribution is 6.65. The molecule has 1 fully saturated rings. The van der Waals surface area contributed by atoms with Crippen molar-refractivity contribution in [3.05, 3.63) is 0 Å². The van der Waals surface area contributed by atoms with Crippen LogP contribution in [0.3, 0.4) is 0 Å². The largest absolute Gasteiger partial charge is 0.378 e. The van der Waals surface area contributed by atoms with Gasteiger partial charge in [0.05, 0.1) is 0 Å². The molecule has 0 atom stereocenters. The van der Waals surface area contributed by atoms with E-state index in [0.717, 1.165) is 0 Å². The predicted molar refractivity (Wildman–Crippen MR) is 29.6 cm³/mol. The van der Waals surface area contributed by atoms with E-state index in [1.165, 1.54) is 4.83 Å². The van der Waals surface area contributed by atoms with Crippen LogP contribution in [0.2, 0.25) is 0 Å². The van der Waals surface area contributed by atoms with Crippen molar-refractivity contribution in [1.82, 2.24) is 15.1 Å². The maximum atomic E-state index is 5.21. The Morgan fingerprint density at radius 2 is 1.86 bits per heavy atom. The van der Waals surface area contributed by atoms with Gasteiger partial charge in [-0.2, -0.15) is 0 Å². The summed E-state index contributed by atoms with van der Waals surface area (Å²) in [7, 11) is 4.91. The van der Waals surface area contributed by atoms with Crippen LogP contribution in [0.25, 0.3) is 0 Å². The summed E-state index contributed by atoms with van der Waals surface area (Å²) in [5.41, 5.74) is 0. The fourth-order valence-corrected chi connectivity index (χ4v) is 0.332. The molecule has 0 aromatic heterocycles. The monoisotopic (exact) mass is 93.1 g/mol. The van der Waals surface area contributed by atoms with E-state index in [1.54, 1.807) is 22.6 Å².